The summed E-state index contributed by atoms with van der Waals surface area (Å²) in [5, 5.41) is 0. The van der Waals surface area contributed by atoms with Gasteiger partial charge in [-0.3, -0.25) is 4.99 Å². The van der Waals surface area contributed by atoms with Crippen molar-refractivity contribution in [2.45, 2.75) is 51.1 Å². The van der Waals surface area contributed by atoms with E-state index in [1.807, 2.05) is 0 Å². The first-order chi connectivity index (χ1) is 9.19. The van der Waals surface area contributed by atoms with E-state index in [1.54, 1.807) is 0 Å². The van der Waals surface area contributed by atoms with Crippen molar-refractivity contribution in [3.63, 3.8) is 0 Å². The molecule has 0 saturated carbocycles. The highest BCUT2D eigenvalue weighted by atomic mass is 15.4. The van der Waals surface area contributed by atoms with Crippen LogP contribution in [0.25, 0.3) is 0 Å². The lowest BCUT2D eigenvalue weighted by Crippen LogP contribution is -2.54. The highest BCUT2D eigenvalue weighted by molar-refractivity contribution is 5.82. The van der Waals surface area contributed by atoms with Crippen molar-refractivity contribution in [2.75, 3.05) is 6.54 Å². The molecule has 1 spiro atoms. The normalized spacial score (nSPS) is 27.3. The van der Waals surface area contributed by atoms with Gasteiger partial charge in [0.05, 0.1) is 12.1 Å². The minimum Gasteiger partial charge on any atom is -0.370 e. The van der Waals surface area contributed by atoms with Crippen molar-refractivity contribution in [1.82, 2.24) is 4.90 Å². The van der Waals surface area contributed by atoms with Crippen LogP contribution in [-0.4, -0.2) is 23.4 Å². The Hall–Kier alpha value is -1.51. The van der Waals surface area contributed by atoms with Crippen molar-refractivity contribution in [3.05, 3.63) is 35.4 Å². The van der Waals surface area contributed by atoms with Crippen LogP contribution in [0.1, 0.15) is 44.2 Å². The lowest BCUT2D eigenvalue weighted by atomic mass is 9.75. The third-order valence-electron chi connectivity index (χ3n) is 4.80. The molecule has 1 aliphatic carbocycles. The number of nitrogens with two attached hydrogens (primary N) is 1. The molecule has 0 amide bonds. The summed E-state index contributed by atoms with van der Waals surface area (Å²) in [7, 11) is 0. The summed E-state index contributed by atoms with van der Waals surface area (Å²) in [5.41, 5.74) is 9.14. The van der Waals surface area contributed by atoms with Crippen molar-refractivity contribution in [2.24, 2.45) is 10.7 Å². The van der Waals surface area contributed by atoms with E-state index in [-0.39, 0.29) is 5.54 Å². The van der Waals surface area contributed by atoms with Crippen LogP contribution >= 0.6 is 0 Å². The Kier molecular flexibility index (Phi) is 3.00. The molecule has 2 aliphatic rings. The molecule has 2 unspecified atom stereocenters. The predicted molar refractivity (Wildman–Crippen MR) is 79.1 cm³/mol. The quantitative estimate of drug-likeness (QED) is 0.885. The van der Waals surface area contributed by atoms with Crippen LogP contribution in [-0.2, 0) is 12.0 Å². The maximum atomic E-state index is 6.19. The molecule has 1 aliphatic heterocycles. The topological polar surface area (TPSA) is 41.6 Å². The van der Waals surface area contributed by atoms with E-state index in [9.17, 15) is 0 Å². The largest absolute Gasteiger partial charge is 0.370 e. The number of nitrogens with zero attached hydrogens (tertiary/aromatic N) is 2. The summed E-state index contributed by atoms with van der Waals surface area (Å²) < 4.78 is 0. The molecule has 1 heterocycles. The Balaban J connectivity index is 2.09. The Morgan fingerprint density at radius 2 is 2.21 bits per heavy atom. The Morgan fingerprint density at radius 3 is 3.00 bits per heavy atom. The van der Waals surface area contributed by atoms with Gasteiger partial charge in [-0.2, -0.15) is 0 Å². The molecule has 2 atom stereocenters. The molecule has 0 fully saturated rings. The van der Waals surface area contributed by atoms with Gasteiger partial charge in [-0.25, -0.2) is 0 Å². The smallest absolute Gasteiger partial charge is 0.192 e. The van der Waals surface area contributed by atoms with Crippen LogP contribution in [0.15, 0.2) is 29.3 Å². The number of aliphatic imine (C=N–C) groups is 1. The predicted octanol–water partition coefficient (Wildman–Crippen LogP) is 2.65. The van der Waals surface area contributed by atoms with Crippen molar-refractivity contribution in [1.29, 1.82) is 0 Å². The number of hydrogen-bond acceptors (Lipinski definition) is 3. The van der Waals surface area contributed by atoms with Gasteiger partial charge in [0.25, 0.3) is 0 Å². The molecule has 3 heteroatoms. The number of benzene rings is 1. The summed E-state index contributed by atoms with van der Waals surface area (Å²) in [5.74, 6) is 0.728. The number of fused-ring (bicyclic) bond motifs is 2. The number of rotatable bonds is 2. The third-order valence-corrected chi connectivity index (χ3v) is 4.80. The molecule has 0 bridgehead atoms. The van der Waals surface area contributed by atoms with Gasteiger partial charge in [0, 0.05) is 6.04 Å². The minimum atomic E-state index is 0.0222. The fourth-order valence-electron chi connectivity index (χ4n) is 3.73. The molecular formula is C16H23N3. The van der Waals surface area contributed by atoms with Crippen molar-refractivity contribution in [3.8, 4) is 0 Å². The van der Waals surface area contributed by atoms with Gasteiger partial charge in [0.1, 0.15) is 0 Å². The van der Waals surface area contributed by atoms with E-state index < -0.39 is 0 Å². The lowest BCUT2D eigenvalue weighted by Gasteiger charge is -2.46. The number of hydrogen-bond donors (Lipinski definition) is 1. The van der Waals surface area contributed by atoms with E-state index >= 15 is 0 Å². The van der Waals surface area contributed by atoms with Crippen LogP contribution in [0.2, 0.25) is 0 Å². The Labute approximate surface area is 115 Å². The second kappa shape index (κ2) is 4.55. The van der Waals surface area contributed by atoms with Gasteiger partial charge < -0.3 is 10.6 Å². The van der Waals surface area contributed by atoms with Crippen LogP contribution in [0, 0.1) is 0 Å². The van der Waals surface area contributed by atoms with E-state index in [2.05, 4.69) is 48.0 Å². The maximum Gasteiger partial charge on any atom is 0.192 e. The molecule has 2 N–H and O–H groups in total. The minimum absolute atomic E-state index is 0.0222. The van der Waals surface area contributed by atoms with E-state index in [0.29, 0.717) is 6.04 Å². The van der Waals surface area contributed by atoms with Crippen LogP contribution in [0.3, 0.4) is 0 Å². The zero-order valence-electron chi connectivity index (χ0n) is 11.9. The van der Waals surface area contributed by atoms with Crippen LogP contribution in [0.5, 0.6) is 0 Å². The Bertz CT molecular complexity index is 508. The van der Waals surface area contributed by atoms with Crippen LogP contribution in [0.4, 0.5) is 0 Å². The maximum absolute atomic E-state index is 6.19. The van der Waals surface area contributed by atoms with Gasteiger partial charge in [-0.05, 0) is 43.7 Å². The van der Waals surface area contributed by atoms with Gasteiger partial charge in [0.15, 0.2) is 5.96 Å². The number of aryl methyl sites for hydroxylation is 1. The summed E-state index contributed by atoms with van der Waals surface area (Å²) in [6.07, 6.45) is 4.68. The third kappa shape index (κ3) is 1.75. The second-order valence-electron chi connectivity index (χ2n) is 5.84. The van der Waals surface area contributed by atoms with Crippen molar-refractivity contribution < 1.29 is 0 Å². The summed E-state index contributed by atoms with van der Waals surface area (Å²) in [6, 6.07) is 9.27. The molecule has 3 rings (SSSR count). The van der Waals surface area contributed by atoms with E-state index in [1.165, 1.54) is 30.4 Å². The molecule has 19 heavy (non-hydrogen) atoms. The molecule has 102 valence electrons. The fraction of sp³-hybridized carbons (Fsp3) is 0.562. The Morgan fingerprint density at radius 1 is 1.42 bits per heavy atom. The van der Waals surface area contributed by atoms with E-state index in [0.717, 1.165) is 18.9 Å². The zero-order chi connectivity index (χ0) is 13.5. The average molecular weight is 257 g/mol. The fourth-order valence-corrected chi connectivity index (χ4v) is 3.73. The van der Waals surface area contributed by atoms with Gasteiger partial charge >= 0.3 is 0 Å². The molecule has 0 aromatic heterocycles. The second-order valence-corrected chi connectivity index (χ2v) is 5.84. The molecule has 0 radical (unpaired) electrons. The van der Waals surface area contributed by atoms with E-state index in [4.69, 9.17) is 5.73 Å². The van der Waals surface area contributed by atoms with Crippen LogP contribution < -0.4 is 5.73 Å². The van der Waals surface area contributed by atoms with Gasteiger partial charge in [-0.1, -0.05) is 31.2 Å². The first-order valence-electron chi connectivity index (χ1n) is 7.36. The average Bonchev–Trinajstić information content (AvgIpc) is 2.76. The number of guanidine groups is 1. The van der Waals surface area contributed by atoms with Gasteiger partial charge in [-0.15, -0.1) is 0 Å². The monoisotopic (exact) mass is 257 g/mol. The molecule has 1 aromatic carbocycles. The zero-order valence-corrected chi connectivity index (χ0v) is 11.9. The van der Waals surface area contributed by atoms with Crippen molar-refractivity contribution >= 4 is 5.96 Å². The SMILES string of the molecule is CCC(C)N1C(N)=NCC12CCCc1ccccc12. The molecule has 0 saturated heterocycles. The first-order valence-corrected chi connectivity index (χ1v) is 7.36. The molecular weight excluding hydrogens is 234 g/mol. The highest BCUT2D eigenvalue weighted by Crippen LogP contribution is 2.44. The summed E-state index contributed by atoms with van der Waals surface area (Å²) in [6.45, 7) is 5.30. The summed E-state index contributed by atoms with van der Waals surface area (Å²) in [4.78, 5) is 6.96. The van der Waals surface area contributed by atoms with Gasteiger partial charge in [0.2, 0.25) is 0 Å². The molecule has 1 aromatic rings. The molecule has 3 nitrogen and oxygen atoms in total. The lowest BCUT2D eigenvalue weighted by molar-refractivity contribution is 0.130. The first kappa shape index (κ1) is 12.5. The highest BCUT2D eigenvalue weighted by Gasteiger charge is 2.47. The standard InChI is InChI=1S/C16H23N3/c1-3-12(2)19-15(17)18-11-16(19)10-6-8-13-7-4-5-9-14(13)16/h4-5,7,9,12H,3,6,8,10-11H2,1-2H3,(H2,17,18). The summed E-state index contributed by atoms with van der Waals surface area (Å²) >= 11 is 0.